The quantitative estimate of drug-likeness (QED) is 0.498. The number of rotatable bonds is 6. The van der Waals surface area contributed by atoms with Gasteiger partial charge < -0.3 is 20.3 Å². The number of hydrogen-bond donors (Lipinski definition) is 3. The molecule has 1 saturated carbocycles. The van der Waals surface area contributed by atoms with Gasteiger partial charge in [-0.05, 0) is 62.8 Å². The Morgan fingerprint density at radius 3 is 2.62 bits per heavy atom. The molecule has 168 valence electrons. The average Bonchev–Trinajstić information content (AvgIpc) is 3.27. The van der Waals surface area contributed by atoms with Gasteiger partial charge in [-0.25, -0.2) is 9.97 Å². The van der Waals surface area contributed by atoms with Crippen LogP contribution < -0.4 is 10.1 Å². The van der Waals surface area contributed by atoms with E-state index < -0.39 is 17.0 Å². The number of aliphatic hydroxyl groups is 1. The van der Waals surface area contributed by atoms with Crippen LogP contribution in [0, 0.1) is 12.3 Å². The molecule has 0 saturated heterocycles. The van der Waals surface area contributed by atoms with E-state index in [1.165, 1.54) is 11.3 Å². The van der Waals surface area contributed by atoms with Crippen LogP contribution >= 0.6 is 11.3 Å². The van der Waals surface area contributed by atoms with Crippen LogP contribution in [0.2, 0.25) is 0 Å². The van der Waals surface area contributed by atoms with Crippen LogP contribution in [0.25, 0.3) is 10.4 Å². The Kier molecular flexibility index (Phi) is 5.87. The van der Waals surface area contributed by atoms with Crippen molar-refractivity contribution in [2.45, 2.75) is 45.1 Å². The molecule has 1 fully saturated rings. The number of aryl methyl sites for hydroxylation is 1. The molecule has 0 aliphatic heterocycles. The van der Waals surface area contributed by atoms with Gasteiger partial charge in [0.1, 0.15) is 10.6 Å². The predicted octanol–water partition coefficient (Wildman–Crippen LogP) is 4.51. The SMILES string of the molecule is COc1ccnc(Nc2cc(C)cc(-c3cnc([C@]4(O)CC[C@](C)(C(=O)O)CC4)s3)c2)n1. The number of carbonyl (C=O) groups is 1. The van der Waals surface area contributed by atoms with Crippen LogP contribution in [0.5, 0.6) is 5.88 Å². The molecule has 32 heavy (non-hydrogen) atoms. The minimum atomic E-state index is -1.09. The van der Waals surface area contributed by atoms with Crippen LogP contribution in [0.3, 0.4) is 0 Å². The van der Waals surface area contributed by atoms with E-state index >= 15 is 0 Å². The van der Waals surface area contributed by atoms with Crippen molar-refractivity contribution < 1.29 is 19.7 Å². The molecule has 8 nitrogen and oxygen atoms in total. The lowest BCUT2D eigenvalue weighted by atomic mass is 9.70. The van der Waals surface area contributed by atoms with Crippen LogP contribution in [0.1, 0.15) is 43.2 Å². The zero-order chi connectivity index (χ0) is 22.9. The second kappa shape index (κ2) is 8.48. The van der Waals surface area contributed by atoms with E-state index in [2.05, 4.69) is 26.3 Å². The van der Waals surface area contributed by atoms with Crippen LogP contribution in [-0.4, -0.2) is 38.2 Å². The Bertz CT molecular complexity index is 1140. The Morgan fingerprint density at radius 2 is 1.94 bits per heavy atom. The van der Waals surface area contributed by atoms with Crippen LogP contribution in [0.15, 0.2) is 36.7 Å². The topological polar surface area (TPSA) is 117 Å². The largest absolute Gasteiger partial charge is 0.481 e. The van der Waals surface area contributed by atoms with Gasteiger partial charge in [0.05, 0.1) is 17.4 Å². The summed E-state index contributed by atoms with van der Waals surface area (Å²) < 4.78 is 5.15. The van der Waals surface area contributed by atoms with E-state index in [1.54, 1.807) is 32.5 Å². The molecule has 2 aromatic heterocycles. The number of aliphatic carboxylic acids is 1. The van der Waals surface area contributed by atoms with E-state index in [1.807, 2.05) is 19.1 Å². The second-order valence-electron chi connectivity index (χ2n) is 8.56. The van der Waals surface area contributed by atoms with E-state index in [-0.39, 0.29) is 0 Å². The van der Waals surface area contributed by atoms with Gasteiger partial charge in [-0.15, -0.1) is 11.3 Å². The van der Waals surface area contributed by atoms with Gasteiger partial charge in [-0.2, -0.15) is 4.98 Å². The molecular weight excluding hydrogens is 428 g/mol. The number of nitrogens with one attached hydrogen (secondary N) is 1. The van der Waals surface area contributed by atoms with Gasteiger partial charge in [0.2, 0.25) is 11.8 Å². The molecular formula is C23H26N4O4S. The number of nitrogens with zero attached hydrogens (tertiary/aromatic N) is 3. The molecule has 0 unspecified atom stereocenters. The lowest BCUT2D eigenvalue weighted by molar-refractivity contribution is -0.153. The van der Waals surface area contributed by atoms with Crippen molar-refractivity contribution >= 4 is 28.9 Å². The number of carboxylic acid groups (broad SMARTS) is 1. The van der Waals surface area contributed by atoms with Gasteiger partial charge in [0.25, 0.3) is 0 Å². The van der Waals surface area contributed by atoms with Crippen molar-refractivity contribution in [2.75, 3.05) is 12.4 Å². The number of carboxylic acids is 1. The minimum Gasteiger partial charge on any atom is -0.481 e. The Balaban J connectivity index is 1.56. The molecule has 3 aromatic rings. The maximum atomic E-state index is 11.5. The number of methoxy groups -OCH3 is 1. The van der Waals surface area contributed by atoms with E-state index in [9.17, 15) is 15.0 Å². The molecule has 0 spiro atoms. The highest BCUT2D eigenvalue weighted by molar-refractivity contribution is 7.15. The normalized spacial score (nSPS) is 23.0. The molecule has 3 N–H and O–H groups in total. The van der Waals surface area contributed by atoms with Gasteiger partial charge >= 0.3 is 5.97 Å². The summed E-state index contributed by atoms with van der Waals surface area (Å²) in [7, 11) is 1.56. The highest BCUT2D eigenvalue weighted by Gasteiger charge is 2.45. The molecule has 1 aromatic carbocycles. The van der Waals surface area contributed by atoms with Gasteiger partial charge in [0, 0.05) is 24.1 Å². The first kappa shape index (κ1) is 22.2. The summed E-state index contributed by atoms with van der Waals surface area (Å²) in [6.45, 7) is 3.75. The number of thiazole rings is 1. The fraction of sp³-hybridized carbons (Fsp3) is 0.391. The average molecular weight is 455 g/mol. The third kappa shape index (κ3) is 4.44. The number of hydrogen-bond acceptors (Lipinski definition) is 8. The maximum absolute atomic E-state index is 11.5. The lowest BCUT2D eigenvalue weighted by Crippen LogP contribution is -2.39. The minimum absolute atomic E-state index is 0.385. The summed E-state index contributed by atoms with van der Waals surface area (Å²) in [5, 5.41) is 24.5. The maximum Gasteiger partial charge on any atom is 0.309 e. The lowest BCUT2D eigenvalue weighted by Gasteiger charge is -2.38. The van der Waals surface area contributed by atoms with Crippen molar-refractivity contribution in [1.82, 2.24) is 15.0 Å². The van der Waals surface area contributed by atoms with Crippen molar-refractivity contribution in [2.24, 2.45) is 5.41 Å². The Labute approximate surface area is 190 Å². The molecule has 0 amide bonds. The first-order chi connectivity index (χ1) is 15.2. The number of ether oxygens (including phenoxy) is 1. The summed E-state index contributed by atoms with van der Waals surface area (Å²) in [5.41, 5.74) is 0.977. The standard InChI is InChI=1S/C23H26N4O4S/c1-14-10-15(12-16(11-14)26-21-24-9-4-18(27-21)31-3)17-13-25-19(32-17)23(30)7-5-22(2,6-8-23)20(28)29/h4,9-13,30H,5-8H2,1-3H3,(H,28,29)(H,24,26,27)/t22-,23-. The first-order valence-electron chi connectivity index (χ1n) is 10.4. The van der Waals surface area contributed by atoms with E-state index in [0.29, 0.717) is 42.5 Å². The van der Waals surface area contributed by atoms with Crippen LogP contribution in [0.4, 0.5) is 11.6 Å². The summed E-state index contributed by atoms with van der Waals surface area (Å²) >= 11 is 1.44. The summed E-state index contributed by atoms with van der Waals surface area (Å²) in [6, 6.07) is 7.72. The van der Waals surface area contributed by atoms with E-state index in [4.69, 9.17) is 4.74 Å². The Morgan fingerprint density at radius 1 is 1.19 bits per heavy atom. The molecule has 1 aliphatic rings. The summed E-state index contributed by atoms with van der Waals surface area (Å²) in [6.07, 6.45) is 5.01. The van der Waals surface area contributed by atoms with Crippen molar-refractivity contribution in [3.63, 3.8) is 0 Å². The monoisotopic (exact) mass is 454 g/mol. The molecule has 0 bridgehead atoms. The fourth-order valence-corrected chi connectivity index (χ4v) is 4.96. The van der Waals surface area contributed by atoms with Crippen molar-refractivity contribution in [3.8, 4) is 16.3 Å². The summed E-state index contributed by atoms with van der Waals surface area (Å²) in [5.74, 6) is 0.102. The van der Waals surface area contributed by atoms with Crippen molar-refractivity contribution in [1.29, 1.82) is 0 Å². The predicted molar refractivity (Wildman–Crippen MR) is 122 cm³/mol. The smallest absolute Gasteiger partial charge is 0.309 e. The molecule has 2 heterocycles. The highest BCUT2D eigenvalue weighted by atomic mass is 32.1. The molecule has 9 heteroatoms. The summed E-state index contributed by atoms with van der Waals surface area (Å²) in [4.78, 5) is 25.5. The molecule has 4 rings (SSSR count). The number of anilines is 2. The van der Waals surface area contributed by atoms with Gasteiger partial charge in [-0.3, -0.25) is 4.79 Å². The third-order valence-electron chi connectivity index (χ3n) is 6.06. The third-order valence-corrected chi connectivity index (χ3v) is 7.30. The first-order valence-corrected chi connectivity index (χ1v) is 11.2. The fourth-order valence-electron chi connectivity index (χ4n) is 3.91. The highest BCUT2D eigenvalue weighted by Crippen LogP contribution is 2.47. The Hall–Kier alpha value is -3.04. The zero-order valence-corrected chi connectivity index (χ0v) is 19.1. The molecule has 1 aliphatic carbocycles. The van der Waals surface area contributed by atoms with Gasteiger partial charge in [0.15, 0.2) is 0 Å². The number of benzene rings is 1. The van der Waals surface area contributed by atoms with Crippen molar-refractivity contribution in [3.05, 3.63) is 47.2 Å². The number of aromatic nitrogens is 3. The van der Waals surface area contributed by atoms with Gasteiger partial charge in [-0.1, -0.05) is 6.07 Å². The molecule has 0 atom stereocenters. The van der Waals surface area contributed by atoms with E-state index in [0.717, 1.165) is 21.7 Å². The second-order valence-corrected chi connectivity index (χ2v) is 9.59. The zero-order valence-electron chi connectivity index (χ0n) is 18.3. The molecule has 0 radical (unpaired) electrons. The van der Waals surface area contributed by atoms with Crippen LogP contribution in [-0.2, 0) is 10.4 Å².